The molecule has 0 N–H and O–H groups in total. The van der Waals surface area contributed by atoms with Crippen LogP contribution in [0, 0.1) is 13.8 Å². The number of ether oxygens (including phenoxy) is 1. The van der Waals surface area contributed by atoms with Crippen molar-refractivity contribution < 1.29 is 9.53 Å². The second-order valence-electron chi connectivity index (χ2n) is 7.50. The first-order valence-electron chi connectivity index (χ1n) is 10.2. The summed E-state index contributed by atoms with van der Waals surface area (Å²) < 4.78 is 5.67. The van der Waals surface area contributed by atoms with Gasteiger partial charge in [0.1, 0.15) is 17.4 Å². The molecule has 4 rings (SSSR count). The molecule has 0 bridgehead atoms. The molecule has 0 aliphatic carbocycles. The zero-order valence-corrected chi connectivity index (χ0v) is 17.4. The Morgan fingerprint density at radius 3 is 2.43 bits per heavy atom. The Kier molecular flexibility index (Phi) is 5.93. The van der Waals surface area contributed by atoms with Crippen LogP contribution >= 0.6 is 0 Å². The minimum Gasteiger partial charge on any atom is -0.484 e. The van der Waals surface area contributed by atoms with Crippen LogP contribution in [0.25, 0.3) is 11.3 Å². The number of carbonyl (C=O) groups is 1. The van der Waals surface area contributed by atoms with Gasteiger partial charge in [0.15, 0.2) is 6.61 Å². The molecule has 1 aliphatic heterocycles. The van der Waals surface area contributed by atoms with Crippen LogP contribution in [-0.4, -0.2) is 53.6 Å². The summed E-state index contributed by atoms with van der Waals surface area (Å²) in [5, 5.41) is 0. The van der Waals surface area contributed by atoms with Gasteiger partial charge in [0.2, 0.25) is 0 Å². The summed E-state index contributed by atoms with van der Waals surface area (Å²) in [7, 11) is 0. The highest BCUT2D eigenvalue weighted by Crippen LogP contribution is 2.22. The summed E-state index contributed by atoms with van der Waals surface area (Å²) in [6.07, 6.45) is 0. The van der Waals surface area contributed by atoms with Crippen LogP contribution < -0.4 is 9.64 Å². The Balaban J connectivity index is 1.36. The topological polar surface area (TPSA) is 58.6 Å². The molecule has 1 amide bonds. The van der Waals surface area contributed by atoms with Gasteiger partial charge in [-0.25, -0.2) is 9.97 Å². The van der Waals surface area contributed by atoms with E-state index >= 15 is 0 Å². The van der Waals surface area contributed by atoms with E-state index < -0.39 is 0 Å². The first-order valence-corrected chi connectivity index (χ1v) is 10.2. The van der Waals surface area contributed by atoms with Crippen molar-refractivity contribution in [1.29, 1.82) is 0 Å². The van der Waals surface area contributed by atoms with Gasteiger partial charge in [-0.15, -0.1) is 0 Å². The number of aromatic nitrogens is 2. The molecule has 3 aromatic rings. The summed E-state index contributed by atoms with van der Waals surface area (Å²) in [5.74, 6) is 2.40. The summed E-state index contributed by atoms with van der Waals surface area (Å²) in [5.41, 5.74) is 3.11. The van der Waals surface area contributed by atoms with Gasteiger partial charge >= 0.3 is 0 Å². The number of carbonyl (C=O) groups excluding carboxylic acids is 1. The number of amides is 1. The smallest absolute Gasteiger partial charge is 0.260 e. The number of benzene rings is 2. The number of nitrogens with zero attached hydrogens (tertiary/aromatic N) is 4. The molecule has 0 unspecified atom stereocenters. The lowest BCUT2D eigenvalue weighted by Gasteiger charge is -2.35. The quantitative estimate of drug-likeness (QED) is 0.654. The number of anilines is 1. The molecule has 2 heterocycles. The second kappa shape index (κ2) is 8.95. The molecule has 1 fully saturated rings. The molecule has 0 saturated carbocycles. The molecule has 1 aromatic heterocycles. The van der Waals surface area contributed by atoms with E-state index in [0.717, 1.165) is 47.3 Å². The van der Waals surface area contributed by atoms with Crippen molar-refractivity contribution in [3.8, 4) is 17.0 Å². The van der Waals surface area contributed by atoms with Crippen molar-refractivity contribution in [2.75, 3.05) is 37.7 Å². The Labute approximate surface area is 177 Å². The van der Waals surface area contributed by atoms with Gasteiger partial charge in [-0.3, -0.25) is 4.79 Å². The Hall–Kier alpha value is -3.41. The molecule has 2 aromatic carbocycles. The van der Waals surface area contributed by atoms with Gasteiger partial charge in [-0.1, -0.05) is 42.5 Å². The Morgan fingerprint density at radius 2 is 1.70 bits per heavy atom. The average Bonchev–Trinajstić information content (AvgIpc) is 2.78. The SMILES string of the molecule is Cc1cccc(OCC(=O)N2CCN(c3cc(-c4ccccc4)nc(C)n3)CC2)c1. The van der Waals surface area contributed by atoms with Gasteiger partial charge in [0.05, 0.1) is 5.69 Å². The molecular weight excluding hydrogens is 376 g/mol. The standard InChI is InChI=1S/C24H26N4O2/c1-18-7-6-10-21(15-18)30-17-24(29)28-13-11-27(12-14-28)23-16-22(25-19(2)26-23)20-8-4-3-5-9-20/h3-10,15-16H,11-14,17H2,1-2H3. The fourth-order valence-corrected chi connectivity index (χ4v) is 3.60. The maximum absolute atomic E-state index is 12.5. The molecule has 30 heavy (non-hydrogen) atoms. The van der Waals surface area contributed by atoms with Crippen LogP contribution in [0.15, 0.2) is 60.7 Å². The van der Waals surface area contributed by atoms with E-state index in [1.165, 1.54) is 0 Å². The van der Waals surface area contributed by atoms with E-state index in [0.29, 0.717) is 13.1 Å². The van der Waals surface area contributed by atoms with Gasteiger partial charge < -0.3 is 14.5 Å². The molecule has 0 radical (unpaired) electrons. The predicted octanol–water partition coefficient (Wildman–Crippen LogP) is 3.49. The molecule has 6 heteroatoms. The lowest BCUT2D eigenvalue weighted by Crippen LogP contribution is -2.50. The third-order valence-electron chi connectivity index (χ3n) is 5.20. The molecule has 154 valence electrons. The molecule has 1 saturated heterocycles. The fourth-order valence-electron chi connectivity index (χ4n) is 3.60. The van der Waals surface area contributed by atoms with Crippen molar-refractivity contribution in [3.63, 3.8) is 0 Å². The zero-order valence-electron chi connectivity index (χ0n) is 17.4. The lowest BCUT2D eigenvalue weighted by atomic mass is 10.1. The lowest BCUT2D eigenvalue weighted by molar-refractivity contribution is -0.133. The summed E-state index contributed by atoms with van der Waals surface area (Å²) in [4.78, 5) is 25.8. The van der Waals surface area contributed by atoms with Crippen LogP contribution in [0.2, 0.25) is 0 Å². The molecular formula is C24H26N4O2. The van der Waals surface area contributed by atoms with Gasteiger partial charge in [0.25, 0.3) is 5.91 Å². The van der Waals surface area contributed by atoms with Crippen molar-refractivity contribution in [2.24, 2.45) is 0 Å². The molecule has 1 aliphatic rings. The van der Waals surface area contributed by atoms with Crippen LogP contribution in [0.3, 0.4) is 0 Å². The van der Waals surface area contributed by atoms with Crippen LogP contribution in [0.1, 0.15) is 11.4 Å². The van der Waals surface area contributed by atoms with Gasteiger partial charge in [-0.2, -0.15) is 0 Å². The number of hydrogen-bond donors (Lipinski definition) is 0. The van der Waals surface area contributed by atoms with E-state index in [1.807, 2.05) is 67.3 Å². The third-order valence-corrected chi connectivity index (χ3v) is 5.20. The van der Waals surface area contributed by atoms with Gasteiger partial charge in [0, 0.05) is 37.8 Å². The van der Waals surface area contributed by atoms with Crippen molar-refractivity contribution in [3.05, 3.63) is 72.1 Å². The molecule has 6 nitrogen and oxygen atoms in total. The second-order valence-corrected chi connectivity index (χ2v) is 7.50. The first-order chi connectivity index (χ1) is 14.6. The van der Waals surface area contributed by atoms with Gasteiger partial charge in [-0.05, 0) is 31.5 Å². The number of rotatable bonds is 5. The maximum atomic E-state index is 12.5. The highest BCUT2D eigenvalue weighted by molar-refractivity contribution is 5.78. The van der Waals surface area contributed by atoms with E-state index in [1.54, 1.807) is 0 Å². The summed E-state index contributed by atoms with van der Waals surface area (Å²) in [6.45, 7) is 6.76. The Morgan fingerprint density at radius 1 is 0.933 bits per heavy atom. The van der Waals surface area contributed by atoms with Crippen LogP contribution in [0.5, 0.6) is 5.75 Å². The monoisotopic (exact) mass is 402 g/mol. The number of hydrogen-bond acceptors (Lipinski definition) is 5. The minimum absolute atomic E-state index is 0.0139. The maximum Gasteiger partial charge on any atom is 0.260 e. The highest BCUT2D eigenvalue weighted by Gasteiger charge is 2.23. The normalized spacial score (nSPS) is 13.9. The number of piperazine rings is 1. The van der Waals surface area contributed by atoms with E-state index in [2.05, 4.69) is 27.0 Å². The van der Waals surface area contributed by atoms with E-state index in [4.69, 9.17) is 4.74 Å². The Bertz CT molecular complexity index is 1010. The summed E-state index contributed by atoms with van der Waals surface area (Å²) in [6, 6.07) is 19.9. The van der Waals surface area contributed by atoms with Crippen molar-refractivity contribution in [2.45, 2.75) is 13.8 Å². The van der Waals surface area contributed by atoms with E-state index in [-0.39, 0.29) is 12.5 Å². The zero-order chi connectivity index (χ0) is 20.9. The summed E-state index contributed by atoms with van der Waals surface area (Å²) >= 11 is 0. The predicted molar refractivity (Wildman–Crippen MR) is 118 cm³/mol. The minimum atomic E-state index is 0.0139. The van der Waals surface area contributed by atoms with Crippen molar-refractivity contribution in [1.82, 2.24) is 14.9 Å². The van der Waals surface area contributed by atoms with Crippen LogP contribution in [-0.2, 0) is 4.79 Å². The molecule has 0 spiro atoms. The first kappa shape index (κ1) is 19.9. The molecule has 0 atom stereocenters. The number of aryl methyl sites for hydroxylation is 2. The van der Waals surface area contributed by atoms with Crippen molar-refractivity contribution >= 4 is 11.7 Å². The average molecular weight is 402 g/mol. The van der Waals surface area contributed by atoms with E-state index in [9.17, 15) is 4.79 Å². The van der Waals surface area contributed by atoms with Crippen LogP contribution in [0.4, 0.5) is 5.82 Å². The largest absolute Gasteiger partial charge is 0.484 e. The fraction of sp³-hybridized carbons (Fsp3) is 0.292. The highest BCUT2D eigenvalue weighted by atomic mass is 16.5. The third kappa shape index (κ3) is 4.76.